The molecule has 0 radical (unpaired) electrons. The number of hydrogen-bond acceptors (Lipinski definition) is 7. The number of non-ortho nitro benzene ring substituents is 1. The first-order valence-corrected chi connectivity index (χ1v) is 10.9. The average Bonchev–Trinajstić information content (AvgIpc) is 2.79. The second-order valence-corrected chi connectivity index (χ2v) is 9.06. The summed E-state index contributed by atoms with van der Waals surface area (Å²) in [6, 6.07) is 15.3. The highest BCUT2D eigenvalue weighted by atomic mass is 32.2. The summed E-state index contributed by atoms with van der Waals surface area (Å²) >= 11 is 1.57. The number of nitrogens with zero attached hydrogens (tertiary/aromatic N) is 2. The average molecular weight is 442 g/mol. The van der Waals surface area contributed by atoms with Crippen LogP contribution in [0.4, 0.5) is 5.69 Å². The first-order valence-electron chi connectivity index (χ1n) is 9.88. The number of rotatable bonds is 7. The number of fused-ring (bicyclic) bond motifs is 1. The number of carbonyl (C=O) groups is 2. The SMILES string of the molecule is CC1(C(=O)OCc2ccc([N+](=O)[O-])cc2)CS[C@@H]2C(COc3ccccc3)C(=O)N2C1. The van der Waals surface area contributed by atoms with E-state index in [4.69, 9.17) is 9.47 Å². The van der Waals surface area contributed by atoms with Gasteiger partial charge in [-0.2, -0.15) is 0 Å². The van der Waals surface area contributed by atoms with Crippen molar-refractivity contribution in [2.75, 3.05) is 18.9 Å². The number of benzene rings is 2. The van der Waals surface area contributed by atoms with E-state index in [0.717, 1.165) is 5.75 Å². The normalized spacial score (nSPS) is 24.7. The molecule has 2 saturated heterocycles. The quantitative estimate of drug-likeness (QED) is 0.281. The summed E-state index contributed by atoms with van der Waals surface area (Å²) in [5.41, 5.74) is -0.149. The molecule has 2 fully saturated rings. The van der Waals surface area contributed by atoms with Crippen molar-refractivity contribution in [1.82, 2.24) is 4.90 Å². The number of amides is 1. The molecule has 1 amide bonds. The molecule has 9 heteroatoms. The molecule has 0 N–H and O–H groups in total. The Morgan fingerprint density at radius 1 is 1.23 bits per heavy atom. The van der Waals surface area contributed by atoms with Crippen LogP contribution in [0.15, 0.2) is 54.6 Å². The smallest absolute Gasteiger partial charge is 0.314 e. The highest BCUT2D eigenvalue weighted by molar-refractivity contribution is 8.00. The van der Waals surface area contributed by atoms with Crippen molar-refractivity contribution in [2.45, 2.75) is 18.9 Å². The van der Waals surface area contributed by atoms with E-state index in [1.165, 1.54) is 12.1 Å². The lowest BCUT2D eigenvalue weighted by atomic mass is 9.88. The first-order chi connectivity index (χ1) is 14.9. The van der Waals surface area contributed by atoms with Crippen LogP contribution in [-0.4, -0.2) is 46.0 Å². The highest BCUT2D eigenvalue weighted by Crippen LogP contribution is 2.45. The van der Waals surface area contributed by atoms with E-state index in [1.54, 1.807) is 35.7 Å². The van der Waals surface area contributed by atoms with Crippen LogP contribution in [-0.2, 0) is 20.9 Å². The number of ether oxygens (including phenoxy) is 2. The van der Waals surface area contributed by atoms with Gasteiger partial charge in [-0.15, -0.1) is 11.8 Å². The number of nitro benzene ring substituents is 1. The summed E-state index contributed by atoms with van der Waals surface area (Å²) in [4.78, 5) is 37.3. The second kappa shape index (κ2) is 8.58. The van der Waals surface area contributed by atoms with Crippen molar-refractivity contribution in [1.29, 1.82) is 0 Å². The number of esters is 1. The fourth-order valence-electron chi connectivity index (χ4n) is 3.68. The van der Waals surface area contributed by atoms with Gasteiger partial charge in [-0.1, -0.05) is 18.2 Å². The first kappa shape index (κ1) is 21.2. The van der Waals surface area contributed by atoms with Crippen molar-refractivity contribution in [3.8, 4) is 5.75 Å². The van der Waals surface area contributed by atoms with Gasteiger partial charge in [-0.3, -0.25) is 19.7 Å². The van der Waals surface area contributed by atoms with E-state index in [2.05, 4.69) is 0 Å². The van der Waals surface area contributed by atoms with Crippen LogP contribution >= 0.6 is 11.8 Å². The zero-order chi connectivity index (χ0) is 22.0. The van der Waals surface area contributed by atoms with E-state index in [1.807, 2.05) is 30.3 Å². The van der Waals surface area contributed by atoms with Gasteiger partial charge in [0.2, 0.25) is 5.91 Å². The van der Waals surface area contributed by atoms with Crippen LogP contribution in [0.5, 0.6) is 5.75 Å². The number of hydrogen-bond donors (Lipinski definition) is 0. The van der Waals surface area contributed by atoms with Gasteiger partial charge in [0.25, 0.3) is 5.69 Å². The molecule has 0 spiro atoms. The Morgan fingerprint density at radius 3 is 2.61 bits per heavy atom. The molecule has 3 atom stereocenters. The Labute approximate surface area is 183 Å². The minimum atomic E-state index is -0.803. The standard InChI is InChI=1S/C22H22N2O6S/c1-22(21(26)30-11-15-7-9-16(10-8-15)24(27)28)13-23-19(25)18(20(23)31-14-22)12-29-17-5-3-2-4-6-17/h2-10,18,20H,11-14H2,1H3/t18?,20-,22?/m1/s1. The van der Waals surface area contributed by atoms with Gasteiger partial charge in [0.1, 0.15) is 24.9 Å². The molecule has 162 valence electrons. The number of thioether (sulfide) groups is 1. The summed E-state index contributed by atoms with van der Waals surface area (Å²) in [6.45, 7) is 2.46. The minimum Gasteiger partial charge on any atom is -0.493 e. The van der Waals surface area contributed by atoms with Crippen LogP contribution in [0.25, 0.3) is 0 Å². The van der Waals surface area contributed by atoms with E-state index in [9.17, 15) is 19.7 Å². The molecular weight excluding hydrogens is 420 g/mol. The molecule has 8 nitrogen and oxygen atoms in total. The van der Waals surface area contributed by atoms with Gasteiger partial charge in [0.05, 0.1) is 15.7 Å². The molecule has 0 saturated carbocycles. The number of carbonyl (C=O) groups excluding carboxylic acids is 2. The minimum absolute atomic E-state index is 0.00626. The van der Waals surface area contributed by atoms with Crippen LogP contribution in [0.1, 0.15) is 12.5 Å². The van der Waals surface area contributed by atoms with Gasteiger partial charge < -0.3 is 14.4 Å². The molecule has 0 bridgehead atoms. The maximum Gasteiger partial charge on any atom is 0.314 e. The number of nitro groups is 1. The molecule has 2 aliphatic rings. The molecule has 2 aromatic rings. The molecule has 4 rings (SSSR count). The molecule has 2 aromatic carbocycles. The third kappa shape index (κ3) is 4.36. The summed E-state index contributed by atoms with van der Waals surface area (Å²) < 4.78 is 11.2. The summed E-state index contributed by atoms with van der Waals surface area (Å²) in [5.74, 6) is 0.666. The lowest BCUT2D eigenvalue weighted by molar-refractivity contribution is -0.384. The van der Waals surface area contributed by atoms with Gasteiger partial charge in [0.15, 0.2) is 0 Å². The van der Waals surface area contributed by atoms with Crippen molar-refractivity contribution in [3.05, 3.63) is 70.3 Å². The van der Waals surface area contributed by atoms with Gasteiger partial charge in [-0.05, 0) is 36.8 Å². The van der Waals surface area contributed by atoms with Crippen LogP contribution in [0.2, 0.25) is 0 Å². The molecular formula is C22H22N2O6S. The molecule has 2 unspecified atom stereocenters. The third-order valence-electron chi connectivity index (χ3n) is 5.53. The van der Waals surface area contributed by atoms with Crippen molar-refractivity contribution in [2.24, 2.45) is 11.3 Å². The highest BCUT2D eigenvalue weighted by Gasteiger charge is 2.55. The lowest BCUT2D eigenvalue weighted by Gasteiger charge is -2.53. The van der Waals surface area contributed by atoms with Gasteiger partial charge >= 0.3 is 5.97 Å². The largest absolute Gasteiger partial charge is 0.493 e. The predicted octanol–water partition coefficient (Wildman–Crippen LogP) is 3.25. The Kier molecular flexibility index (Phi) is 5.86. The monoisotopic (exact) mass is 442 g/mol. The number of para-hydroxylation sites is 1. The molecule has 0 aliphatic carbocycles. The summed E-state index contributed by atoms with van der Waals surface area (Å²) in [6.07, 6.45) is 0. The third-order valence-corrected chi connectivity index (χ3v) is 7.25. The second-order valence-electron chi connectivity index (χ2n) is 7.96. The van der Waals surface area contributed by atoms with Gasteiger partial charge in [-0.25, -0.2) is 0 Å². The molecule has 2 heterocycles. The Hall–Kier alpha value is -3.07. The fraction of sp³-hybridized carbons (Fsp3) is 0.364. The van der Waals surface area contributed by atoms with Gasteiger partial charge in [0, 0.05) is 24.4 Å². The van der Waals surface area contributed by atoms with Crippen LogP contribution in [0.3, 0.4) is 0 Å². The summed E-state index contributed by atoms with van der Waals surface area (Å²) in [7, 11) is 0. The molecule has 31 heavy (non-hydrogen) atoms. The molecule has 2 aliphatic heterocycles. The van der Waals surface area contributed by atoms with E-state index >= 15 is 0 Å². The Bertz CT molecular complexity index is 983. The Balaban J connectivity index is 1.29. The van der Waals surface area contributed by atoms with E-state index in [-0.39, 0.29) is 35.5 Å². The van der Waals surface area contributed by atoms with Crippen LogP contribution < -0.4 is 4.74 Å². The number of β-lactam (4-membered cyclic amide) rings is 1. The summed E-state index contributed by atoms with van der Waals surface area (Å²) in [5, 5.41) is 10.7. The van der Waals surface area contributed by atoms with Crippen LogP contribution in [0, 0.1) is 21.4 Å². The van der Waals surface area contributed by atoms with Crippen molar-refractivity contribution in [3.63, 3.8) is 0 Å². The van der Waals surface area contributed by atoms with E-state index < -0.39 is 10.3 Å². The van der Waals surface area contributed by atoms with Crippen molar-refractivity contribution >= 4 is 29.3 Å². The zero-order valence-electron chi connectivity index (χ0n) is 16.9. The maximum absolute atomic E-state index is 12.7. The van der Waals surface area contributed by atoms with Crippen molar-refractivity contribution < 1.29 is 24.0 Å². The predicted molar refractivity (Wildman–Crippen MR) is 114 cm³/mol. The Morgan fingerprint density at radius 2 is 1.94 bits per heavy atom. The molecule has 0 aromatic heterocycles. The fourth-order valence-corrected chi connectivity index (χ4v) is 5.21. The lowest BCUT2D eigenvalue weighted by Crippen LogP contribution is -2.67. The zero-order valence-corrected chi connectivity index (χ0v) is 17.7. The maximum atomic E-state index is 12.7. The van der Waals surface area contributed by atoms with E-state index in [0.29, 0.717) is 24.5 Å². The topological polar surface area (TPSA) is 99.0 Å².